The normalized spacial score (nSPS) is 11.3. The summed E-state index contributed by atoms with van der Waals surface area (Å²) in [7, 11) is 1.54. The molecule has 0 saturated heterocycles. The molecule has 0 spiro atoms. The van der Waals surface area contributed by atoms with Gasteiger partial charge in [-0.1, -0.05) is 12.8 Å². The molecule has 1 heterocycles. The predicted octanol–water partition coefficient (Wildman–Crippen LogP) is 3.29. The van der Waals surface area contributed by atoms with Gasteiger partial charge < -0.3 is 14.8 Å². The van der Waals surface area contributed by atoms with Crippen LogP contribution >= 0.6 is 0 Å². The van der Waals surface area contributed by atoms with E-state index in [2.05, 4.69) is 16.2 Å². The molecular formula is C20H22N2O3. The molecule has 1 amide bonds. The lowest BCUT2D eigenvalue weighted by Gasteiger charge is -2.17. The number of aromatic nitrogens is 1. The standard InChI is InChI=1S/C20H22N2O3/c1-5-11-25-19-13-15(7-8-18(19)24-4)20(23)22-16(6-2)17-12-14(3)9-10-21-17/h1,7-10,12-13,16H,6,11H2,2-4H3,(H,22,23)/t16-/m1/s1. The summed E-state index contributed by atoms with van der Waals surface area (Å²) in [5.74, 6) is 3.16. The monoisotopic (exact) mass is 338 g/mol. The number of methoxy groups -OCH3 is 1. The van der Waals surface area contributed by atoms with Crippen LogP contribution in [0.4, 0.5) is 0 Å². The van der Waals surface area contributed by atoms with Gasteiger partial charge in [-0.25, -0.2) is 0 Å². The van der Waals surface area contributed by atoms with Crippen molar-refractivity contribution >= 4 is 5.91 Å². The third kappa shape index (κ3) is 4.74. The first-order valence-electron chi connectivity index (χ1n) is 8.06. The average molecular weight is 338 g/mol. The van der Waals surface area contributed by atoms with Gasteiger partial charge in [0.25, 0.3) is 5.91 Å². The van der Waals surface area contributed by atoms with Crippen molar-refractivity contribution in [2.24, 2.45) is 0 Å². The molecule has 0 saturated carbocycles. The number of carbonyl (C=O) groups is 1. The van der Waals surface area contributed by atoms with Gasteiger partial charge in [-0.05, 0) is 49.2 Å². The van der Waals surface area contributed by atoms with Crippen molar-refractivity contribution in [3.05, 3.63) is 53.3 Å². The highest BCUT2D eigenvalue weighted by atomic mass is 16.5. The largest absolute Gasteiger partial charge is 0.493 e. The summed E-state index contributed by atoms with van der Waals surface area (Å²) >= 11 is 0. The predicted molar refractivity (Wildman–Crippen MR) is 96.8 cm³/mol. The van der Waals surface area contributed by atoms with Crippen LogP contribution in [-0.2, 0) is 0 Å². The molecular weight excluding hydrogens is 316 g/mol. The van der Waals surface area contributed by atoms with Crippen LogP contribution in [0.15, 0.2) is 36.5 Å². The molecule has 1 aromatic heterocycles. The molecule has 0 bridgehead atoms. The lowest BCUT2D eigenvalue weighted by atomic mass is 10.1. The second-order valence-electron chi connectivity index (χ2n) is 5.55. The Bertz CT molecular complexity index is 781. The Hall–Kier alpha value is -3.00. The fourth-order valence-electron chi connectivity index (χ4n) is 2.43. The van der Waals surface area contributed by atoms with E-state index < -0.39 is 0 Å². The molecule has 5 heteroatoms. The van der Waals surface area contributed by atoms with Gasteiger partial charge in [-0.3, -0.25) is 9.78 Å². The van der Waals surface area contributed by atoms with E-state index in [9.17, 15) is 4.79 Å². The lowest BCUT2D eigenvalue weighted by Crippen LogP contribution is -2.28. The third-order valence-corrected chi connectivity index (χ3v) is 3.74. The van der Waals surface area contributed by atoms with Crippen LogP contribution in [0.3, 0.4) is 0 Å². The fourth-order valence-corrected chi connectivity index (χ4v) is 2.43. The number of pyridine rings is 1. The highest BCUT2D eigenvalue weighted by Crippen LogP contribution is 2.28. The summed E-state index contributed by atoms with van der Waals surface area (Å²) in [6.45, 7) is 4.11. The van der Waals surface area contributed by atoms with E-state index in [0.717, 1.165) is 17.7 Å². The molecule has 0 aliphatic rings. The number of terminal acetylenes is 1. The first-order chi connectivity index (χ1) is 12.1. The molecule has 0 unspecified atom stereocenters. The number of hydrogen-bond acceptors (Lipinski definition) is 4. The van der Waals surface area contributed by atoms with E-state index >= 15 is 0 Å². The summed E-state index contributed by atoms with van der Waals surface area (Å²) in [6.07, 6.45) is 7.71. The number of nitrogens with zero attached hydrogens (tertiary/aromatic N) is 1. The highest BCUT2D eigenvalue weighted by Gasteiger charge is 2.17. The molecule has 0 aliphatic carbocycles. The maximum atomic E-state index is 12.6. The summed E-state index contributed by atoms with van der Waals surface area (Å²) in [5, 5.41) is 3.01. The molecule has 5 nitrogen and oxygen atoms in total. The highest BCUT2D eigenvalue weighted by molar-refractivity contribution is 5.95. The number of carbonyl (C=O) groups excluding carboxylic acids is 1. The number of rotatable bonds is 7. The molecule has 2 aromatic rings. The number of hydrogen-bond donors (Lipinski definition) is 1. The van der Waals surface area contributed by atoms with Crippen molar-refractivity contribution in [2.75, 3.05) is 13.7 Å². The van der Waals surface area contributed by atoms with Crippen LogP contribution in [0, 0.1) is 19.3 Å². The minimum Gasteiger partial charge on any atom is -0.493 e. The van der Waals surface area contributed by atoms with Crippen LogP contribution in [0.25, 0.3) is 0 Å². The van der Waals surface area contributed by atoms with Gasteiger partial charge in [0, 0.05) is 11.8 Å². The Kier molecular flexibility index (Phi) is 6.41. The van der Waals surface area contributed by atoms with Gasteiger partial charge in [0.1, 0.15) is 6.61 Å². The Morgan fingerprint density at radius 1 is 1.32 bits per heavy atom. The summed E-state index contributed by atoms with van der Waals surface area (Å²) in [6, 6.07) is 8.74. The third-order valence-electron chi connectivity index (χ3n) is 3.74. The topological polar surface area (TPSA) is 60.5 Å². The average Bonchev–Trinajstić information content (AvgIpc) is 2.63. The zero-order chi connectivity index (χ0) is 18.2. The summed E-state index contributed by atoms with van der Waals surface area (Å²) in [5.41, 5.74) is 2.42. The second kappa shape index (κ2) is 8.74. The smallest absolute Gasteiger partial charge is 0.251 e. The molecule has 0 radical (unpaired) electrons. The van der Waals surface area contributed by atoms with Crippen molar-refractivity contribution in [3.8, 4) is 23.8 Å². The number of aryl methyl sites for hydroxylation is 1. The number of nitrogens with one attached hydrogen (secondary N) is 1. The van der Waals surface area contributed by atoms with Gasteiger partial charge in [-0.2, -0.15) is 0 Å². The van der Waals surface area contributed by atoms with E-state index in [1.165, 1.54) is 7.11 Å². The Morgan fingerprint density at radius 2 is 2.12 bits per heavy atom. The van der Waals surface area contributed by atoms with Gasteiger partial charge in [0.2, 0.25) is 0 Å². The molecule has 1 aromatic carbocycles. The van der Waals surface area contributed by atoms with Crippen LogP contribution < -0.4 is 14.8 Å². The Morgan fingerprint density at radius 3 is 2.76 bits per heavy atom. The maximum Gasteiger partial charge on any atom is 0.251 e. The van der Waals surface area contributed by atoms with E-state index in [-0.39, 0.29) is 18.6 Å². The first kappa shape index (κ1) is 18.3. The number of ether oxygens (including phenoxy) is 2. The lowest BCUT2D eigenvalue weighted by molar-refractivity contribution is 0.0934. The SMILES string of the molecule is C#CCOc1cc(C(=O)N[C@H](CC)c2cc(C)ccn2)ccc1OC. The quantitative estimate of drug-likeness (QED) is 0.787. The fraction of sp³-hybridized carbons (Fsp3) is 0.300. The molecule has 1 N–H and O–H groups in total. The van der Waals surface area contributed by atoms with Gasteiger partial charge in [-0.15, -0.1) is 6.42 Å². The van der Waals surface area contributed by atoms with Crippen molar-refractivity contribution in [1.82, 2.24) is 10.3 Å². The van der Waals surface area contributed by atoms with Crippen molar-refractivity contribution in [3.63, 3.8) is 0 Å². The molecule has 130 valence electrons. The van der Waals surface area contributed by atoms with E-state index in [1.807, 2.05) is 26.0 Å². The zero-order valence-electron chi connectivity index (χ0n) is 14.7. The minimum atomic E-state index is -0.205. The van der Waals surface area contributed by atoms with E-state index in [1.54, 1.807) is 24.4 Å². The van der Waals surface area contributed by atoms with Crippen molar-refractivity contribution < 1.29 is 14.3 Å². The van der Waals surface area contributed by atoms with E-state index in [0.29, 0.717) is 17.1 Å². The Balaban J connectivity index is 2.20. The number of amides is 1. The zero-order valence-corrected chi connectivity index (χ0v) is 14.7. The van der Waals surface area contributed by atoms with Gasteiger partial charge in [0.15, 0.2) is 11.5 Å². The molecule has 0 fully saturated rings. The Labute approximate surface area is 148 Å². The number of benzene rings is 1. The first-order valence-corrected chi connectivity index (χ1v) is 8.06. The summed E-state index contributed by atoms with van der Waals surface area (Å²) in [4.78, 5) is 17.0. The minimum absolute atomic E-state index is 0.103. The van der Waals surface area contributed by atoms with Gasteiger partial charge >= 0.3 is 0 Å². The van der Waals surface area contributed by atoms with Crippen LogP contribution in [-0.4, -0.2) is 24.6 Å². The van der Waals surface area contributed by atoms with Crippen LogP contribution in [0.5, 0.6) is 11.5 Å². The second-order valence-corrected chi connectivity index (χ2v) is 5.55. The maximum absolute atomic E-state index is 12.6. The molecule has 25 heavy (non-hydrogen) atoms. The van der Waals surface area contributed by atoms with Crippen molar-refractivity contribution in [1.29, 1.82) is 0 Å². The molecule has 1 atom stereocenters. The van der Waals surface area contributed by atoms with E-state index in [4.69, 9.17) is 15.9 Å². The molecule has 0 aliphatic heterocycles. The summed E-state index contributed by atoms with van der Waals surface area (Å²) < 4.78 is 10.7. The van der Waals surface area contributed by atoms with Crippen molar-refractivity contribution in [2.45, 2.75) is 26.3 Å². The van der Waals surface area contributed by atoms with Crippen LogP contribution in [0.2, 0.25) is 0 Å². The molecule has 2 rings (SSSR count). The van der Waals surface area contributed by atoms with Gasteiger partial charge in [0.05, 0.1) is 18.8 Å². The van der Waals surface area contributed by atoms with Crippen LogP contribution in [0.1, 0.15) is 41.0 Å².